The maximum atomic E-state index is 13.2. The molecule has 2 heterocycles. The molecule has 25 heavy (non-hydrogen) atoms. The summed E-state index contributed by atoms with van der Waals surface area (Å²) in [5.74, 6) is 0.982. The van der Waals surface area contributed by atoms with Crippen LogP contribution < -0.4 is 10.1 Å². The Morgan fingerprint density at radius 2 is 1.88 bits per heavy atom. The van der Waals surface area contributed by atoms with E-state index in [0.29, 0.717) is 23.8 Å². The van der Waals surface area contributed by atoms with Crippen LogP contribution in [0.15, 0.2) is 35.5 Å². The lowest BCUT2D eigenvalue weighted by atomic mass is 9.95. The van der Waals surface area contributed by atoms with Crippen molar-refractivity contribution in [3.8, 4) is 5.75 Å². The van der Waals surface area contributed by atoms with E-state index >= 15 is 0 Å². The number of benzene rings is 1. The number of carbonyl (C=O) groups is 2. The molecule has 134 valence electrons. The van der Waals surface area contributed by atoms with Crippen molar-refractivity contribution in [2.24, 2.45) is 5.92 Å². The third-order valence-corrected chi connectivity index (χ3v) is 5.29. The standard InChI is InChI=1S/C19H25N3O3/c1-11(2)12(3)22-10-14-16(18(22)23)17(20-19(24)21(14)4)13-8-6-7-9-15(13)25-5/h6-9,11-12,17H,10H2,1-5H3,(H,20,24). The number of likely N-dealkylation sites (N-methyl/N-ethyl adjacent to an activating group) is 1. The highest BCUT2D eigenvalue weighted by atomic mass is 16.5. The smallest absolute Gasteiger partial charge is 0.322 e. The zero-order chi connectivity index (χ0) is 18.3. The van der Waals surface area contributed by atoms with E-state index in [2.05, 4.69) is 19.2 Å². The van der Waals surface area contributed by atoms with Crippen LogP contribution in [0.25, 0.3) is 0 Å². The van der Waals surface area contributed by atoms with Crippen LogP contribution in [0.4, 0.5) is 4.79 Å². The second kappa shape index (κ2) is 6.43. The van der Waals surface area contributed by atoms with Crippen LogP contribution in [-0.2, 0) is 4.79 Å². The molecule has 1 N–H and O–H groups in total. The largest absolute Gasteiger partial charge is 0.496 e. The number of nitrogens with zero attached hydrogens (tertiary/aromatic N) is 2. The molecule has 0 saturated carbocycles. The van der Waals surface area contributed by atoms with E-state index in [4.69, 9.17) is 4.74 Å². The molecule has 1 aromatic carbocycles. The number of ether oxygens (including phenoxy) is 1. The normalized spacial score (nSPS) is 21.6. The Bertz CT molecular complexity index is 741. The summed E-state index contributed by atoms with van der Waals surface area (Å²) < 4.78 is 5.44. The fourth-order valence-corrected chi connectivity index (χ4v) is 3.42. The van der Waals surface area contributed by atoms with Gasteiger partial charge in [0.05, 0.1) is 31.0 Å². The molecule has 0 fully saturated rings. The summed E-state index contributed by atoms with van der Waals surface area (Å²) in [7, 11) is 3.30. The minimum atomic E-state index is -0.494. The van der Waals surface area contributed by atoms with Gasteiger partial charge in [-0.1, -0.05) is 32.0 Å². The molecule has 2 aliphatic heterocycles. The Hall–Kier alpha value is -2.50. The number of carbonyl (C=O) groups excluding carboxylic acids is 2. The monoisotopic (exact) mass is 343 g/mol. The first-order valence-electron chi connectivity index (χ1n) is 8.58. The molecule has 6 nitrogen and oxygen atoms in total. The topological polar surface area (TPSA) is 61.9 Å². The SMILES string of the molecule is COc1ccccc1C1NC(=O)N(C)C2=C1C(=O)N(C(C)C(C)C)C2. The van der Waals surface area contributed by atoms with Gasteiger partial charge in [-0.3, -0.25) is 9.69 Å². The van der Waals surface area contributed by atoms with Gasteiger partial charge in [-0.2, -0.15) is 0 Å². The molecule has 6 heteroatoms. The summed E-state index contributed by atoms with van der Waals surface area (Å²) in [6.07, 6.45) is 0. The number of amides is 3. The van der Waals surface area contributed by atoms with Crippen LogP contribution >= 0.6 is 0 Å². The van der Waals surface area contributed by atoms with Crippen molar-refractivity contribution < 1.29 is 14.3 Å². The summed E-state index contributed by atoms with van der Waals surface area (Å²) >= 11 is 0. The van der Waals surface area contributed by atoms with Crippen molar-refractivity contribution in [2.75, 3.05) is 20.7 Å². The predicted octanol–water partition coefficient (Wildman–Crippen LogP) is 2.53. The summed E-state index contributed by atoms with van der Waals surface area (Å²) in [4.78, 5) is 29.0. The van der Waals surface area contributed by atoms with Crippen molar-refractivity contribution in [1.29, 1.82) is 0 Å². The second-order valence-corrected chi connectivity index (χ2v) is 6.96. The lowest BCUT2D eigenvalue weighted by Gasteiger charge is -2.31. The summed E-state index contributed by atoms with van der Waals surface area (Å²) in [6, 6.07) is 6.89. The van der Waals surface area contributed by atoms with Crippen LogP contribution in [0.1, 0.15) is 32.4 Å². The van der Waals surface area contributed by atoms with E-state index in [1.165, 1.54) is 0 Å². The molecule has 0 aromatic heterocycles. The zero-order valence-electron chi connectivity index (χ0n) is 15.4. The number of hydrogen-bond acceptors (Lipinski definition) is 3. The Labute approximate surface area is 148 Å². The highest BCUT2D eigenvalue weighted by molar-refractivity contribution is 6.01. The quantitative estimate of drug-likeness (QED) is 0.914. The number of para-hydroxylation sites is 1. The van der Waals surface area contributed by atoms with E-state index in [-0.39, 0.29) is 18.0 Å². The van der Waals surface area contributed by atoms with E-state index in [1.807, 2.05) is 36.1 Å². The lowest BCUT2D eigenvalue weighted by molar-refractivity contribution is -0.128. The van der Waals surface area contributed by atoms with Crippen LogP contribution in [0, 0.1) is 5.92 Å². The van der Waals surface area contributed by atoms with Gasteiger partial charge in [0.25, 0.3) is 5.91 Å². The van der Waals surface area contributed by atoms with E-state index in [0.717, 1.165) is 11.3 Å². The molecule has 2 aliphatic rings. The number of hydrogen-bond donors (Lipinski definition) is 1. The Balaban J connectivity index is 2.06. The number of methoxy groups -OCH3 is 1. The molecule has 2 unspecified atom stereocenters. The Kier molecular flexibility index (Phi) is 4.45. The van der Waals surface area contributed by atoms with Gasteiger partial charge in [0.1, 0.15) is 5.75 Å². The molecule has 0 bridgehead atoms. The van der Waals surface area contributed by atoms with Gasteiger partial charge in [-0.25, -0.2) is 4.79 Å². The molecule has 2 atom stereocenters. The minimum Gasteiger partial charge on any atom is -0.496 e. The van der Waals surface area contributed by atoms with Gasteiger partial charge in [0.15, 0.2) is 0 Å². The zero-order valence-corrected chi connectivity index (χ0v) is 15.4. The van der Waals surface area contributed by atoms with Gasteiger partial charge in [-0.15, -0.1) is 0 Å². The molecule has 3 rings (SSSR count). The van der Waals surface area contributed by atoms with Gasteiger partial charge >= 0.3 is 6.03 Å². The van der Waals surface area contributed by atoms with E-state index in [1.54, 1.807) is 19.1 Å². The van der Waals surface area contributed by atoms with E-state index in [9.17, 15) is 9.59 Å². The maximum absolute atomic E-state index is 13.2. The fourth-order valence-electron chi connectivity index (χ4n) is 3.42. The van der Waals surface area contributed by atoms with Gasteiger partial charge in [0.2, 0.25) is 0 Å². The maximum Gasteiger partial charge on any atom is 0.322 e. The van der Waals surface area contributed by atoms with Crippen LogP contribution in [-0.4, -0.2) is 48.5 Å². The second-order valence-electron chi connectivity index (χ2n) is 6.96. The number of nitrogens with one attached hydrogen (secondary N) is 1. The van der Waals surface area contributed by atoms with Crippen molar-refractivity contribution in [2.45, 2.75) is 32.9 Å². The summed E-state index contributed by atoms with van der Waals surface area (Å²) in [5, 5.41) is 2.95. The third-order valence-electron chi connectivity index (χ3n) is 5.29. The molecule has 0 aliphatic carbocycles. The predicted molar refractivity (Wildman–Crippen MR) is 95.1 cm³/mol. The van der Waals surface area contributed by atoms with Crippen LogP contribution in [0.2, 0.25) is 0 Å². The molecular weight excluding hydrogens is 318 g/mol. The molecule has 3 amide bonds. The molecule has 1 aromatic rings. The van der Waals surface area contributed by atoms with Gasteiger partial charge in [0, 0.05) is 18.7 Å². The molecular formula is C19H25N3O3. The van der Waals surface area contributed by atoms with Crippen molar-refractivity contribution >= 4 is 11.9 Å². The van der Waals surface area contributed by atoms with Crippen LogP contribution in [0.3, 0.4) is 0 Å². The number of rotatable bonds is 4. The number of urea groups is 1. The molecule has 0 radical (unpaired) electrons. The molecule has 0 spiro atoms. The average molecular weight is 343 g/mol. The fraction of sp³-hybridized carbons (Fsp3) is 0.474. The average Bonchev–Trinajstić information content (AvgIpc) is 2.95. The first-order valence-corrected chi connectivity index (χ1v) is 8.58. The highest BCUT2D eigenvalue weighted by Crippen LogP contribution is 2.39. The first-order chi connectivity index (χ1) is 11.9. The Morgan fingerprint density at radius 1 is 1.20 bits per heavy atom. The first kappa shape index (κ1) is 17.3. The van der Waals surface area contributed by atoms with E-state index < -0.39 is 6.04 Å². The highest BCUT2D eigenvalue weighted by Gasteiger charge is 2.45. The Morgan fingerprint density at radius 3 is 2.52 bits per heavy atom. The minimum absolute atomic E-state index is 0.0149. The summed E-state index contributed by atoms with van der Waals surface area (Å²) in [5.41, 5.74) is 2.21. The molecule has 0 saturated heterocycles. The summed E-state index contributed by atoms with van der Waals surface area (Å²) in [6.45, 7) is 6.71. The van der Waals surface area contributed by atoms with Gasteiger partial charge in [-0.05, 0) is 18.9 Å². The lowest BCUT2D eigenvalue weighted by Crippen LogP contribution is -2.45. The van der Waals surface area contributed by atoms with Crippen molar-refractivity contribution in [1.82, 2.24) is 15.1 Å². The van der Waals surface area contributed by atoms with Crippen LogP contribution in [0.5, 0.6) is 5.75 Å². The van der Waals surface area contributed by atoms with Crippen molar-refractivity contribution in [3.05, 3.63) is 41.1 Å². The third kappa shape index (κ3) is 2.75. The van der Waals surface area contributed by atoms with Gasteiger partial charge < -0.3 is 15.0 Å². The van der Waals surface area contributed by atoms with Crippen molar-refractivity contribution in [3.63, 3.8) is 0 Å².